The van der Waals surface area contributed by atoms with Crippen molar-refractivity contribution in [3.8, 4) is 11.4 Å². The number of carbonyl (C=O) groups is 1. The SMILES string of the molecule is CCn1nnnc1-c1cccc(NC(=O)CC2CSCCN2)c1. The van der Waals surface area contributed by atoms with E-state index in [4.69, 9.17) is 0 Å². The third-order valence-corrected chi connectivity index (χ3v) is 4.80. The van der Waals surface area contributed by atoms with Crippen LogP contribution in [-0.4, -0.2) is 50.2 Å². The molecule has 1 aromatic heterocycles. The fraction of sp³-hybridized carbons (Fsp3) is 0.467. The second-order valence-corrected chi connectivity index (χ2v) is 6.53. The average molecular weight is 332 g/mol. The Labute approximate surface area is 139 Å². The van der Waals surface area contributed by atoms with Gasteiger partial charge in [-0.1, -0.05) is 12.1 Å². The molecule has 1 aliphatic rings. The number of thioether (sulfide) groups is 1. The van der Waals surface area contributed by atoms with Crippen LogP contribution in [0, 0.1) is 0 Å². The lowest BCUT2D eigenvalue weighted by molar-refractivity contribution is -0.116. The summed E-state index contributed by atoms with van der Waals surface area (Å²) in [6.07, 6.45) is 0.490. The first-order valence-electron chi connectivity index (χ1n) is 7.74. The molecule has 23 heavy (non-hydrogen) atoms. The molecule has 7 nitrogen and oxygen atoms in total. The van der Waals surface area contributed by atoms with Gasteiger partial charge in [-0.25, -0.2) is 4.68 Å². The maximum Gasteiger partial charge on any atom is 0.225 e. The highest BCUT2D eigenvalue weighted by Gasteiger charge is 2.17. The van der Waals surface area contributed by atoms with Gasteiger partial charge in [-0.3, -0.25) is 4.79 Å². The van der Waals surface area contributed by atoms with Gasteiger partial charge in [-0.05, 0) is 29.5 Å². The summed E-state index contributed by atoms with van der Waals surface area (Å²) in [5, 5.41) is 18.0. The molecule has 122 valence electrons. The summed E-state index contributed by atoms with van der Waals surface area (Å²) in [6.45, 7) is 3.66. The molecular weight excluding hydrogens is 312 g/mol. The first kappa shape index (κ1) is 15.9. The second kappa shape index (κ2) is 7.56. The lowest BCUT2D eigenvalue weighted by atomic mass is 10.1. The molecule has 1 fully saturated rings. The molecule has 3 rings (SSSR count). The number of anilines is 1. The standard InChI is InChI=1S/C15H20N6OS/c1-2-21-15(18-19-20-21)11-4-3-5-12(8-11)17-14(22)9-13-10-23-7-6-16-13/h3-5,8,13,16H,2,6-7,9-10H2,1H3,(H,17,22). The Kier molecular flexibility index (Phi) is 5.24. The first-order valence-corrected chi connectivity index (χ1v) is 8.89. The van der Waals surface area contributed by atoms with Crippen molar-refractivity contribution in [3.63, 3.8) is 0 Å². The summed E-state index contributed by atoms with van der Waals surface area (Å²) in [6, 6.07) is 7.87. The molecule has 0 spiro atoms. The molecule has 8 heteroatoms. The smallest absolute Gasteiger partial charge is 0.225 e. The lowest BCUT2D eigenvalue weighted by Gasteiger charge is -2.22. The molecule has 1 aromatic carbocycles. The molecular formula is C15H20N6OS. The van der Waals surface area contributed by atoms with Crippen molar-refractivity contribution in [1.29, 1.82) is 0 Å². The molecule has 0 bridgehead atoms. The van der Waals surface area contributed by atoms with Gasteiger partial charge in [-0.2, -0.15) is 11.8 Å². The average Bonchev–Trinajstić information content (AvgIpc) is 3.04. The Morgan fingerprint density at radius 2 is 2.43 bits per heavy atom. The Balaban J connectivity index is 1.66. The molecule has 0 aliphatic carbocycles. The summed E-state index contributed by atoms with van der Waals surface area (Å²) < 4.78 is 1.73. The Hall–Kier alpha value is -1.93. The molecule has 1 atom stereocenters. The van der Waals surface area contributed by atoms with Gasteiger partial charge in [-0.15, -0.1) is 5.10 Å². The van der Waals surface area contributed by atoms with Crippen LogP contribution in [0.2, 0.25) is 0 Å². The van der Waals surface area contributed by atoms with Gasteiger partial charge in [0.25, 0.3) is 0 Å². The van der Waals surface area contributed by atoms with Gasteiger partial charge in [0.1, 0.15) is 0 Å². The van der Waals surface area contributed by atoms with E-state index in [9.17, 15) is 4.79 Å². The summed E-state index contributed by atoms with van der Waals surface area (Å²) in [5.74, 6) is 2.83. The maximum absolute atomic E-state index is 12.2. The number of carbonyl (C=O) groups excluding carboxylic acids is 1. The summed E-state index contributed by atoms with van der Waals surface area (Å²) >= 11 is 1.89. The highest BCUT2D eigenvalue weighted by molar-refractivity contribution is 7.99. The minimum absolute atomic E-state index is 0.0252. The van der Waals surface area contributed by atoms with E-state index in [-0.39, 0.29) is 11.9 Å². The largest absolute Gasteiger partial charge is 0.326 e. The highest BCUT2D eigenvalue weighted by Crippen LogP contribution is 2.20. The zero-order valence-corrected chi connectivity index (χ0v) is 13.8. The Morgan fingerprint density at radius 1 is 1.52 bits per heavy atom. The highest BCUT2D eigenvalue weighted by atomic mass is 32.2. The van der Waals surface area contributed by atoms with Crippen molar-refractivity contribution in [2.75, 3.05) is 23.4 Å². The van der Waals surface area contributed by atoms with E-state index >= 15 is 0 Å². The molecule has 2 N–H and O–H groups in total. The number of hydrogen-bond acceptors (Lipinski definition) is 6. The minimum atomic E-state index is 0.0252. The number of rotatable bonds is 5. The molecule has 1 unspecified atom stereocenters. The Morgan fingerprint density at radius 3 is 3.22 bits per heavy atom. The molecule has 2 heterocycles. The van der Waals surface area contributed by atoms with E-state index in [1.807, 2.05) is 43.0 Å². The third-order valence-electron chi connectivity index (χ3n) is 3.67. The van der Waals surface area contributed by atoms with E-state index in [1.165, 1.54) is 0 Å². The topological polar surface area (TPSA) is 84.7 Å². The van der Waals surface area contributed by atoms with Gasteiger partial charge in [0.05, 0.1) is 0 Å². The molecule has 1 aliphatic heterocycles. The van der Waals surface area contributed by atoms with E-state index in [2.05, 4.69) is 26.2 Å². The number of benzene rings is 1. The predicted molar refractivity (Wildman–Crippen MR) is 91.3 cm³/mol. The van der Waals surface area contributed by atoms with Gasteiger partial charge in [0, 0.05) is 48.3 Å². The quantitative estimate of drug-likeness (QED) is 0.861. The number of tetrazole rings is 1. The van der Waals surface area contributed by atoms with E-state index < -0.39 is 0 Å². The monoisotopic (exact) mass is 332 g/mol. The van der Waals surface area contributed by atoms with Crippen LogP contribution >= 0.6 is 11.8 Å². The van der Waals surface area contributed by atoms with Crippen LogP contribution in [0.4, 0.5) is 5.69 Å². The van der Waals surface area contributed by atoms with Crippen LogP contribution in [0.1, 0.15) is 13.3 Å². The normalized spacial score (nSPS) is 17.9. The summed E-state index contributed by atoms with van der Waals surface area (Å²) in [4.78, 5) is 12.2. The van der Waals surface area contributed by atoms with Gasteiger partial charge in [0.2, 0.25) is 5.91 Å². The molecule has 1 amide bonds. The molecule has 1 saturated heterocycles. The number of aromatic nitrogens is 4. The van der Waals surface area contributed by atoms with Crippen LogP contribution < -0.4 is 10.6 Å². The van der Waals surface area contributed by atoms with E-state index in [0.717, 1.165) is 29.3 Å². The Bertz CT molecular complexity index is 667. The zero-order valence-electron chi connectivity index (χ0n) is 13.0. The minimum Gasteiger partial charge on any atom is -0.326 e. The van der Waals surface area contributed by atoms with Gasteiger partial charge < -0.3 is 10.6 Å². The van der Waals surface area contributed by atoms with Crippen molar-refractivity contribution in [2.45, 2.75) is 25.9 Å². The first-order chi connectivity index (χ1) is 11.3. The van der Waals surface area contributed by atoms with Crippen molar-refractivity contribution in [2.24, 2.45) is 0 Å². The van der Waals surface area contributed by atoms with Crippen LogP contribution in [0.25, 0.3) is 11.4 Å². The predicted octanol–water partition coefficient (Wildman–Crippen LogP) is 1.39. The van der Waals surface area contributed by atoms with Crippen molar-refractivity contribution >= 4 is 23.4 Å². The zero-order chi connectivity index (χ0) is 16.1. The summed E-state index contributed by atoms with van der Waals surface area (Å²) in [7, 11) is 0. The lowest BCUT2D eigenvalue weighted by Crippen LogP contribution is -2.39. The maximum atomic E-state index is 12.2. The molecule has 0 radical (unpaired) electrons. The van der Waals surface area contributed by atoms with Crippen molar-refractivity contribution in [3.05, 3.63) is 24.3 Å². The second-order valence-electron chi connectivity index (χ2n) is 5.38. The number of hydrogen-bond donors (Lipinski definition) is 2. The van der Waals surface area contributed by atoms with Crippen molar-refractivity contribution in [1.82, 2.24) is 25.5 Å². The van der Waals surface area contributed by atoms with Crippen molar-refractivity contribution < 1.29 is 4.79 Å². The van der Waals surface area contributed by atoms with Gasteiger partial charge in [0.15, 0.2) is 5.82 Å². The van der Waals surface area contributed by atoms with Crippen LogP contribution in [0.15, 0.2) is 24.3 Å². The number of aryl methyl sites for hydroxylation is 1. The molecule has 2 aromatic rings. The number of nitrogens with one attached hydrogen (secondary N) is 2. The van der Waals surface area contributed by atoms with E-state index in [0.29, 0.717) is 18.8 Å². The van der Waals surface area contributed by atoms with Crippen LogP contribution in [0.3, 0.4) is 0 Å². The third kappa shape index (κ3) is 4.08. The van der Waals surface area contributed by atoms with Crippen LogP contribution in [-0.2, 0) is 11.3 Å². The summed E-state index contributed by atoms with van der Waals surface area (Å²) in [5.41, 5.74) is 1.66. The van der Waals surface area contributed by atoms with E-state index in [1.54, 1.807) is 4.68 Å². The van der Waals surface area contributed by atoms with Crippen LogP contribution in [0.5, 0.6) is 0 Å². The number of nitrogens with zero attached hydrogens (tertiary/aromatic N) is 4. The fourth-order valence-corrected chi connectivity index (χ4v) is 3.50. The fourth-order valence-electron chi connectivity index (χ4n) is 2.55. The molecule has 0 saturated carbocycles. The van der Waals surface area contributed by atoms with Gasteiger partial charge >= 0.3 is 0 Å². The number of amides is 1.